The van der Waals surface area contributed by atoms with Gasteiger partial charge in [-0.3, -0.25) is 9.10 Å². The van der Waals surface area contributed by atoms with Crippen LogP contribution < -0.4 is 19.1 Å². The molecule has 0 aliphatic rings. The van der Waals surface area contributed by atoms with Gasteiger partial charge in [0.1, 0.15) is 11.5 Å². The van der Waals surface area contributed by atoms with Crippen molar-refractivity contribution in [1.82, 2.24) is 5.32 Å². The van der Waals surface area contributed by atoms with Crippen molar-refractivity contribution in [1.29, 1.82) is 0 Å². The summed E-state index contributed by atoms with van der Waals surface area (Å²) in [7, 11) is -0.567. The van der Waals surface area contributed by atoms with Gasteiger partial charge in [-0.25, -0.2) is 8.42 Å². The molecule has 0 bridgehead atoms. The summed E-state index contributed by atoms with van der Waals surface area (Å²) in [5.74, 6) is 0.815. The first-order chi connectivity index (χ1) is 14.2. The highest BCUT2D eigenvalue weighted by Gasteiger charge is 2.21. The summed E-state index contributed by atoms with van der Waals surface area (Å²) in [6, 6.07) is 12.4. The van der Waals surface area contributed by atoms with E-state index < -0.39 is 10.0 Å². The highest BCUT2D eigenvalue weighted by atomic mass is 35.5. The summed E-state index contributed by atoms with van der Waals surface area (Å²) in [4.78, 5) is 12.1. The van der Waals surface area contributed by atoms with Crippen molar-refractivity contribution in [3.8, 4) is 11.5 Å². The van der Waals surface area contributed by atoms with E-state index in [1.54, 1.807) is 18.2 Å². The average molecular weight is 455 g/mol. The maximum atomic E-state index is 12.3. The lowest BCUT2D eigenvalue weighted by atomic mass is 10.1. The molecule has 2 aromatic rings. The number of carbonyl (C=O) groups excluding carboxylic acids is 1. The molecule has 2 aromatic carbocycles. The molecule has 0 aromatic heterocycles. The molecule has 0 saturated carbocycles. The molecule has 0 unspecified atom stereocenters. The van der Waals surface area contributed by atoms with Crippen LogP contribution in [0.4, 0.5) is 5.69 Å². The van der Waals surface area contributed by atoms with Crippen LogP contribution in [0, 0.1) is 0 Å². The average Bonchev–Trinajstić information content (AvgIpc) is 2.71. The number of sulfonamides is 1. The molecular weight excluding hydrogens is 428 g/mol. The number of carbonyl (C=O) groups is 1. The summed E-state index contributed by atoms with van der Waals surface area (Å²) < 4.78 is 36.3. The molecule has 0 radical (unpaired) electrons. The number of benzene rings is 2. The van der Waals surface area contributed by atoms with E-state index in [2.05, 4.69) is 5.32 Å². The smallest absolute Gasteiger partial charge is 0.232 e. The zero-order valence-corrected chi connectivity index (χ0v) is 18.9. The van der Waals surface area contributed by atoms with Crippen LogP contribution in [0.2, 0.25) is 5.02 Å². The Kier molecular flexibility index (Phi) is 8.80. The fourth-order valence-corrected chi connectivity index (χ4v) is 4.02. The number of anilines is 1. The molecule has 1 amide bonds. The fraction of sp³-hybridized carbons (Fsp3) is 0.381. The first-order valence-corrected chi connectivity index (χ1v) is 11.7. The number of hydrogen-bond donors (Lipinski definition) is 1. The highest BCUT2D eigenvalue weighted by Crippen LogP contribution is 2.33. The van der Waals surface area contributed by atoms with Gasteiger partial charge in [-0.1, -0.05) is 23.7 Å². The Morgan fingerprint density at radius 1 is 1.10 bits per heavy atom. The zero-order chi connectivity index (χ0) is 22.1. The van der Waals surface area contributed by atoms with E-state index in [0.29, 0.717) is 41.6 Å². The normalized spacial score (nSPS) is 11.1. The number of rotatable bonds is 11. The van der Waals surface area contributed by atoms with Gasteiger partial charge >= 0.3 is 0 Å². The number of hydrogen-bond acceptors (Lipinski definition) is 5. The third-order valence-electron chi connectivity index (χ3n) is 4.47. The Hall–Kier alpha value is -2.45. The molecule has 0 fully saturated rings. The van der Waals surface area contributed by atoms with E-state index in [-0.39, 0.29) is 18.9 Å². The second kappa shape index (κ2) is 11.1. The molecule has 7 nitrogen and oxygen atoms in total. The summed E-state index contributed by atoms with van der Waals surface area (Å²) in [5, 5.41) is 3.53. The quantitative estimate of drug-likeness (QED) is 0.563. The fourth-order valence-electron chi connectivity index (χ4n) is 2.92. The Morgan fingerprint density at radius 3 is 2.40 bits per heavy atom. The highest BCUT2D eigenvalue weighted by molar-refractivity contribution is 7.92. The number of amides is 1. The maximum absolute atomic E-state index is 12.3. The van der Waals surface area contributed by atoms with Gasteiger partial charge in [0.05, 0.1) is 26.2 Å². The van der Waals surface area contributed by atoms with Crippen LogP contribution >= 0.6 is 11.6 Å². The van der Waals surface area contributed by atoms with E-state index in [4.69, 9.17) is 21.1 Å². The summed E-state index contributed by atoms with van der Waals surface area (Å²) in [6.45, 7) is 0.661. The van der Waals surface area contributed by atoms with E-state index in [9.17, 15) is 13.2 Å². The molecule has 30 heavy (non-hydrogen) atoms. The third kappa shape index (κ3) is 7.11. The predicted molar refractivity (Wildman–Crippen MR) is 119 cm³/mol. The first kappa shape index (κ1) is 23.8. The number of nitrogens with zero attached hydrogens (tertiary/aromatic N) is 1. The predicted octanol–water partition coefficient (Wildman–Crippen LogP) is 3.26. The van der Waals surface area contributed by atoms with Crippen LogP contribution in [0.1, 0.15) is 18.4 Å². The van der Waals surface area contributed by atoms with Crippen molar-refractivity contribution in [3.05, 3.63) is 53.1 Å². The summed E-state index contributed by atoms with van der Waals surface area (Å²) in [5.41, 5.74) is 1.48. The van der Waals surface area contributed by atoms with Gasteiger partial charge in [0.25, 0.3) is 0 Å². The molecule has 0 aliphatic heterocycles. The van der Waals surface area contributed by atoms with E-state index in [1.165, 1.54) is 18.5 Å². The van der Waals surface area contributed by atoms with Crippen LogP contribution in [0.25, 0.3) is 0 Å². The molecule has 1 N–H and O–H groups in total. The largest absolute Gasteiger partial charge is 0.497 e. The minimum atomic E-state index is -3.55. The van der Waals surface area contributed by atoms with Crippen LogP contribution in [-0.2, 0) is 21.2 Å². The van der Waals surface area contributed by atoms with Gasteiger partial charge in [-0.15, -0.1) is 0 Å². The van der Waals surface area contributed by atoms with Crippen molar-refractivity contribution in [3.63, 3.8) is 0 Å². The Morgan fingerprint density at radius 2 is 1.80 bits per heavy atom. The molecule has 164 valence electrons. The van der Waals surface area contributed by atoms with Crippen LogP contribution in [0.3, 0.4) is 0 Å². The van der Waals surface area contributed by atoms with Crippen molar-refractivity contribution < 1.29 is 22.7 Å². The molecule has 0 atom stereocenters. The standard InChI is InChI=1S/C21H27ClN2O5S/c1-28-18-10-11-19(20(15-18)29-2)24(30(3,26)27)14-4-5-21(25)23-13-12-16-6-8-17(22)9-7-16/h6-11,15H,4-5,12-14H2,1-3H3,(H,23,25). The lowest BCUT2D eigenvalue weighted by molar-refractivity contribution is -0.121. The molecule has 0 saturated heterocycles. The van der Waals surface area contributed by atoms with Crippen molar-refractivity contribution >= 4 is 33.2 Å². The first-order valence-electron chi connectivity index (χ1n) is 9.45. The third-order valence-corrected chi connectivity index (χ3v) is 5.90. The summed E-state index contributed by atoms with van der Waals surface area (Å²) >= 11 is 5.86. The Labute approximate surface area is 183 Å². The number of methoxy groups -OCH3 is 2. The maximum Gasteiger partial charge on any atom is 0.232 e. The second-order valence-corrected chi connectivity index (χ2v) is 9.05. The van der Waals surface area contributed by atoms with E-state index >= 15 is 0 Å². The van der Waals surface area contributed by atoms with Gasteiger partial charge in [0.15, 0.2) is 0 Å². The van der Waals surface area contributed by atoms with E-state index in [1.807, 2.05) is 24.3 Å². The van der Waals surface area contributed by atoms with Gasteiger partial charge in [0.2, 0.25) is 15.9 Å². The second-order valence-electron chi connectivity index (χ2n) is 6.70. The van der Waals surface area contributed by atoms with Crippen molar-refractivity contribution in [2.75, 3.05) is 37.9 Å². The zero-order valence-electron chi connectivity index (χ0n) is 17.4. The van der Waals surface area contributed by atoms with Crippen LogP contribution in [-0.4, -0.2) is 47.9 Å². The minimum absolute atomic E-state index is 0.126. The molecule has 0 aliphatic carbocycles. The molecule has 0 spiro atoms. The SMILES string of the molecule is COc1ccc(N(CCCC(=O)NCCc2ccc(Cl)cc2)S(C)(=O)=O)c(OC)c1. The van der Waals surface area contributed by atoms with Gasteiger partial charge in [-0.2, -0.15) is 0 Å². The lowest BCUT2D eigenvalue weighted by Crippen LogP contribution is -2.32. The van der Waals surface area contributed by atoms with E-state index in [0.717, 1.165) is 11.8 Å². The van der Waals surface area contributed by atoms with Crippen molar-refractivity contribution in [2.24, 2.45) is 0 Å². The Bertz CT molecular complexity index is 948. The summed E-state index contributed by atoms with van der Waals surface area (Å²) in [6.07, 6.45) is 2.41. The number of halogens is 1. The van der Waals surface area contributed by atoms with Gasteiger partial charge < -0.3 is 14.8 Å². The lowest BCUT2D eigenvalue weighted by Gasteiger charge is -2.24. The number of nitrogens with one attached hydrogen (secondary N) is 1. The van der Waals surface area contributed by atoms with Crippen LogP contribution in [0.15, 0.2) is 42.5 Å². The molecular formula is C21H27ClN2O5S. The number of ether oxygens (including phenoxy) is 2. The monoisotopic (exact) mass is 454 g/mol. The molecule has 9 heteroatoms. The van der Waals surface area contributed by atoms with Crippen LogP contribution in [0.5, 0.6) is 11.5 Å². The molecule has 0 heterocycles. The van der Waals surface area contributed by atoms with Gasteiger partial charge in [-0.05, 0) is 42.7 Å². The minimum Gasteiger partial charge on any atom is -0.497 e. The topological polar surface area (TPSA) is 84.9 Å². The van der Waals surface area contributed by atoms with Crippen molar-refractivity contribution in [2.45, 2.75) is 19.3 Å². The van der Waals surface area contributed by atoms with Gasteiger partial charge in [0, 0.05) is 30.6 Å². The molecule has 2 rings (SSSR count). The Balaban J connectivity index is 1.91.